The summed E-state index contributed by atoms with van der Waals surface area (Å²) in [7, 11) is 0. The van der Waals surface area contributed by atoms with E-state index >= 15 is 0 Å². The molecule has 180 valence electrons. The maximum absolute atomic E-state index is 12.1. The van der Waals surface area contributed by atoms with Crippen LogP contribution >= 0.6 is 0 Å². The van der Waals surface area contributed by atoms with Crippen molar-refractivity contribution < 1.29 is 4.79 Å². The van der Waals surface area contributed by atoms with Crippen LogP contribution in [0.1, 0.15) is 84.5 Å². The van der Waals surface area contributed by atoms with E-state index < -0.39 is 0 Å². The highest BCUT2D eigenvalue weighted by atomic mass is 16.2. The summed E-state index contributed by atoms with van der Waals surface area (Å²) in [5.41, 5.74) is 11.5. The maximum atomic E-state index is 12.1. The van der Waals surface area contributed by atoms with Gasteiger partial charge in [0, 0.05) is 12.6 Å². The first-order valence-corrected chi connectivity index (χ1v) is 12.5. The van der Waals surface area contributed by atoms with Gasteiger partial charge in [0.25, 0.3) is 0 Å². The normalized spacial score (nSPS) is 12.4. The van der Waals surface area contributed by atoms with E-state index in [2.05, 4.69) is 35.1 Å². The van der Waals surface area contributed by atoms with Gasteiger partial charge in [-0.1, -0.05) is 33.1 Å². The van der Waals surface area contributed by atoms with Crippen molar-refractivity contribution in [2.75, 3.05) is 45.8 Å². The van der Waals surface area contributed by atoms with E-state index in [0.717, 1.165) is 71.4 Å². The third kappa shape index (κ3) is 19.2. The van der Waals surface area contributed by atoms with E-state index in [0.29, 0.717) is 12.6 Å². The largest absolute Gasteiger partial charge is 0.355 e. The van der Waals surface area contributed by atoms with Crippen LogP contribution < -0.4 is 32.7 Å². The van der Waals surface area contributed by atoms with Crippen molar-refractivity contribution in [2.24, 2.45) is 11.5 Å². The molecule has 0 heterocycles. The average molecular weight is 429 g/mol. The second-order valence-corrected chi connectivity index (χ2v) is 8.32. The molecule has 0 aliphatic carbocycles. The fourth-order valence-corrected chi connectivity index (χ4v) is 3.51. The molecule has 0 spiro atoms. The molecule has 0 radical (unpaired) electrons. The molecule has 1 amide bonds. The van der Waals surface area contributed by atoms with Crippen LogP contribution in [0.15, 0.2) is 0 Å². The highest BCUT2D eigenvalue weighted by Gasteiger charge is 2.12. The van der Waals surface area contributed by atoms with E-state index in [1.165, 1.54) is 38.5 Å². The molecule has 7 heteroatoms. The monoisotopic (exact) mass is 428 g/mol. The molecular weight excluding hydrogens is 376 g/mol. The number of carbonyl (C=O) groups excluding carboxylic acids is 1. The zero-order chi connectivity index (χ0) is 22.3. The summed E-state index contributed by atoms with van der Waals surface area (Å²) in [4.78, 5) is 12.1. The topological polar surface area (TPSA) is 117 Å². The number of amides is 1. The standard InChI is InChI=1S/C23H52N6O/c1-3-11-21(12-4-2)28-19-6-5-13-22(25)23(30)29-20-10-18-27-16-8-7-15-26-17-9-14-24/h21-22,26-28H,3-20,24-25H2,1-2H3,(H,29,30). The molecule has 0 aliphatic heterocycles. The van der Waals surface area contributed by atoms with Crippen molar-refractivity contribution in [1.82, 2.24) is 21.3 Å². The minimum atomic E-state index is -0.383. The SMILES string of the molecule is CCCC(CCC)NCCCCC(N)C(=O)NCCCNCCCCNCCCN. The molecule has 30 heavy (non-hydrogen) atoms. The Hall–Kier alpha value is -0.730. The third-order valence-electron chi connectivity index (χ3n) is 5.33. The summed E-state index contributed by atoms with van der Waals surface area (Å²) < 4.78 is 0. The van der Waals surface area contributed by atoms with Gasteiger partial charge in [0.05, 0.1) is 6.04 Å². The Labute approximate surface area is 186 Å². The molecule has 0 fully saturated rings. The minimum absolute atomic E-state index is 0.0126. The first-order chi connectivity index (χ1) is 14.7. The maximum Gasteiger partial charge on any atom is 0.236 e. The molecule has 8 N–H and O–H groups in total. The van der Waals surface area contributed by atoms with Crippen LogP contribution in [0.4, 0.5) is 0 Å². The van der Waals surface area contributed by atoms with Crippen LogP contribution in [0.5, 0.6) is 0 Å². The number of nitrogens with one attached hydrogen (secondary N) is 4. The highest BCUT2D eigenvalue weighted by molar-refractivity contribution is 5.81. The fourth-order valence-electron chi connectivity index (χ4n) is 3.51. The summed E-state index contributed by atoms with van der Waals surface area (Å²) in [6.07, 6.45) is 12.1. The van der Waals surface area contributed by atoms with Crippen LogP contribution in [-0.4, -0.2) is 63.8 Å². The average Bonchev–Trinajstić information content (AvgIpc) is 2.74. The Morgan fingerprint density at radius 1 is 0.733 bits per heavy atom. The van der Waals surface area contributed by atoms with E-state index in [-0.39, 0.29) is 11.9 Å². The summed E-state index contributed by atoms with van der Waals surface area (Å²) in [6, 6.07) is 0.260. The van der Waals surface area contributed by atoms with Gasteiger partial charge in [0.1, 0.15) is 0 Å². The molecule has 0 bridgehead atoms. The van der Waals surface area contributed by atoms with Gasteiger partial charge in [-0.3, -0.25) is 4.79 Å². The second kappa shape index (κ2) is 22.9. The fraction of sp³-hybridized carbons (Fsp3) is 0.957. The molecule has 7 nitrogen and oxygen atoms in total. The Morgan fingerprint density at radius 2 is 1.30 bits per heavy atom. The molecule has 1 atom stereocenters. The number of carbonyl (C=O) groups is 1. The second-order valence-electron chi connectivity index (χ2n) is 8.32. The van der Waals surface area contributed by atoms with Gasteiger partial charge >= 0.3 is 0 Å². The molecule has 0 rings (SSSR count). The van der Waals surface area contributed by atoms with Crippen molar-refractivity contribution in [3.05, 3.63) is 0 Å². The molecule has 0 aromatic heterocycles. The Bertz CT molecular complexity index is 364. The smallest absolute Gasteiger partial charge is 0.236 e. The molecule has 0 saturated heterocycles. The molecule has 0 aromatic rings. The summed E-state index contributed by atoms with van der Waals surface area (Å²) in [5, 5.41) is 13.4. The van der Waals surface area contributed by atoms with Crippen molar-refractivity contribution in [2.45, 2.75) is 96.6 Å². The molecular formula is C23H52N6O. The van der Waals surface area contributed by atoms with Crippen molar-refractivity contribution in [1.29, 1.82) is 0 Å². The van der Waals surface area contributed by atoms with Gasteiger partial charge in [0.2, 0.25) is 5.91 Å². The highest BCUT2D eigenvalue weighted by Crippen LogP contribution is 2.05. The number of nitrogens with two attached hydrogens (primary N) is 2. The van der Waals surface area contributed by atoms with Crippen LogP contribution in [0.25, 0.3) is 0 Å². The quantitative estimate of drug-likeness (QED) is 0.138. The van der Waals surface area contributed by atoms with Crippen LogP contribution in [-0.2, 0) is 4.79 Å². The summed E-state index contributed by atoms with van der Waals surface area (Å²) in [5.74, 6) is -0.0126. The van der Waals surface area contributed by atoms with Crippen LogP contribution in [0.3, 0.4) is 0 Å². The Morgan fingerprint density at radius 3 is 1.90 bits per heavy atom. The predicted octanol–water partition coefficient (Wildman–Crippen LogP) is 1.86. The van der Waals surface area contributed by atoms with Gasteiger partial charge in [-0.15, -0.1) is 0 Å². The molecule has 1 unspecified atom stereocenters. The lowest BCUT2D eigenvalue weighted by Crippen LogP contribution is -2.41. The minimum Gasteiger partial charge on any atom is -0.355 e. The van der Waals surface area contributed by atoms with Gasteiger partial charge in [-0.25, -0.2) is 0 Å². The number of hydrogen-bond donors (Lipinski definition) is 6. The van der Waals surface area contributed by atoms with E-state index in [1.54, 1.807) is 0 Å². The van der Waals surface area contributed by atoms with E-state index in [9.17, 15) is 4.79 Å². The summed E-state index contributed by atoms with van der Waals surface area (Å²) in [6.45, 7) is 11.0. The van der Waals surface area contributed by atoms with Crippen molar-refractivity contribution in [3.8, 4) is 0 Å². The number of hydrogen-bond acceptors (Lipinski definition) is 6. The Kier molecular flexibility index (Phi) is 22.4. The molecule has 0 aromatic carbocycles. The van der Waals surface area contributed by atoms with Crippen molar-refractivity contribution in [3.63, 3.8) is 0 Å². The lowest BCUT2D eigenvalue weighted by atomic mass is 10.1. The Balaban J connectivity index is 3.47. The van der Waals surface area contributed by atoms with Gasteiger partial charge in [0.15, 0.2) is 0 Å². The van der Waals surface area contributed by atoms with E-state index in [4.69, 9.17) is 11.5 Å². The van der Waals surface area contributed by atoms with Crippen LogP contribution in [0.2, 0.25) is 0 Å². The molecule has 0 aliphatic rings. The molecule has 0 saturated carbocycles. The zero-order valence-electron chi connectivity index (χ0n) is 19.9. The van der Waals surface area contributed by atoms with Crippen LogP contribution in [0, 0.1) is 0 Å². The van der Waals surface area contributed by atoms with Crippen molar-refractivity contribution >= 4 is 5.91 Å². The lowest BCUT2D eigenvalue weighted by molar-refractivity contribution is -0.122. The van der Waals surface area contributed by atoms with Gasteiger partial charge < -0.3 is 32.7 Å². The predicted molar refractivity (Wildman–Crippen MR) is 130 cm³/mol. The lowest BCUT2D eigenvalue weighted by Gasteiger charge is -2.17. The summed E-state index contributed by atoms with van der Waals surface area (Å²) >= 11 is 0. The number of rotatable bonds is 23. The van der Waals surface area contributed by atoms with E-state index in [1.807, 2.05) is 0 Å². The van der Waals surface area contributed by atoms with Gasteiger partial charge in [-0.2, -0.15) is 0 Å². The first-order valence-electron chi connectivity index (χ1n) is 12.5. The first kappa shape index (κ1) is 29.3. The van der Waals surface area contributed by atoms with Gasteiger partial charge in [-0.05, 0) is 90.6 Å². The zero-order valence-corrected chi connectivity index (χ0v) is 19.9. The number of unbranched alkanes of at least 4 members (excludes halogenated alkanes) is 2. The third-order valence-corrected chi connectivity index (χ3v) is 5.33.